The maximum Gasteiger partial charge on any atom is 0.292 e. The molecule has 0 aliphatic rings. The summed E-state index contributed by atoms with van der Waals surface area (Å²) >= 11 is 6.07. The van der Waals surface area contributed by atoms with Gasteiger partial charge in [0.1, 0.15) is 5.75 Å². The van der Waals surface area contributed by atoms with Crippen LogP contribution in [-0.4, -0.2) is 23.2 Å². The molecule has 7 nitrogen and oxygen atoms in total. The van der Waals surface area contributed by atoms with Crippen LogP contribution >= 0.6 is 11.6 Å². The van der Waals surface area contributed by atoms with Gasteiger partial charge < -0.3 is 19.8 Å². The van der Waals surface area contributed by atoms with Gasteiger partial charge in [-0.25, -0.2) is 0 Å². The molecule has 0 atom stereocenters. The Bertz CT molecular complexity index is 835. The van der Waals surface area contributed by atoms with E-state index in [-0.39, 0.29) is 5.76 Å². The standard InChI is InChI=1S/C16H13ClN4O3/c1-23-12-5-4-10(9-11(12)17)18-14-6-7-15(21-20-14)19-16(22)13-3-2-8-24-13/h2-9H,1H3,(H,18,20)(H,19,21,22). The van der Waals surface area contributed by atoms with Crippen LogP contribution in [0.5, 0.6) is 5.75 Å². The topological polar surface area (TPSA) is 89.3 Å². The molecule has 2 heterocycles. The third-order valence-corrected chi connectivity index (χ3v) is 3.37. The average Bonchev–Trinajstić information content (AvgIpc) is 3.11. The van der Waals surface area contributed by atoms with Crippen LogP contribution in [0.15, 0.2) is 53.1 Å². The molecular weight excluding hydrogens is 332 g/mol. The van der Waals surface area contributed by atoms with Gasteiger partial charge in [-0.2, -0.15) is 0 Å². The number of furan rings is 1. The highest BCUT2D eigenvalue weighted by Crippen LogP contribution is 2.28. The monoisotopic (exact) mass is 344 g/mol. The van der Waals surface area contributed by atoms with Gasteiger partial charge in [0.05, 0.1) is 18.4 Å². The molecule has 0 bridgehead atoms. The first kappa shape index (κ1) is 15.8. The fraction of sp³-hybridized carbons (Fsp3) is 0.0625. The van der Waals surface area contributed by atoms with Gasteiger partial charge in [-0.15, -0.1) is 10.2 Å². The first-order valence-corrected chi connectivity index (χ1v) is 7.32. The number of nitrogens with one attached hydrogen (secondary N) is 2. The van der Waals surface area contributed by atoms with E-state index in [4.69, 9.17) is 20.8 Å². The van der Waals surface area contributed by atoms with E-state index in [2.05, 4.69) is 20.8 Å². The molecule has 2 aromatic heterocycles. The van der Waals surface area contributed by atoms with Crippen molar-refractivity contribution in [3.05, 3.63) is 59.5 Å². The first-order valence-electron chi connectivity index (χ1n) is 6.95. The lowest BCUT2D eigenvalue weighted by Crippen LogP contribution is -2.12. The zero-order valence-electron chi connectivity index (χ0n) is 12.6. The molecule has 8 heteroatoms. The number of hydrogen-bond acceptors (Lipinski definition) is 6. The molecule has 1 amide bonds. The van der Waals surface area contributed by atoms with Crippen LogP contribution in [0.2, 0.25) is 5.02 Å². The third-order valence-electron chi connectivity index (χ3n) is 3.08. The maximum atomic E-state index is 11.8. The molecule has 0 saturated carbocycles. The van der Waals surface area contributed by atoms with E-state index in [0.29, 0.717) is 22.4 Å². The van der Waals surface area contributed by atoms with E-state index in [1.165, 1.54) is 6.26 Å². The molecule has 24 heavy (non-hydrogen) atoms. The van der Waals surface area contributed by atoms with E-state index >= 15 is 0 Å². The normalized spacial score (nSPS) is 10.2. The van der Waals surface area contributed by atoms with Crippen molar-refractivity contribution >= 4 is 34.8 Å². The van der Waals surface area contributed by atoms with Gasteiger partial charge in [0, 0.05) is 5.69 Å². The number of halogens is 1. The molecule has 0 aliphatic carbocycles. The zero-order chi connectivity index (χ0) is 16.9. The van der Waals surface area contributed by atoms with E-state index in [0.717, 1.165) is 5.69 Å². The summed E-state index contributed by atoms with van der Waals surface area (Å²) < 4.78 is 10.1. The average molecular weight is 345 g/mol. The van der Waals surface area contributed by atoms with Crippen LogP contribution in [0.4, 0.5) is 17.3 Å². The molecule has 2 N–H and O–H groups in total. The van der Waals surface area contributed by atoms with Gasteiger partial charge in [0.2, 0.25) is 0 Å². The third kappa shape index (κ3) is 3.64. The second-order valence-electron chi connectivity index (χ2n) is 4.71. The lowest BCUT2D eigenvalue weighted by molar-refractivity contribution is 0.0996. The molecule has 3 rings (SSSR count). The Morgan fingerprint density at radius 1 is 1.17 bits per heavy atom. The summed E-state index contributed by atoms with van der Waals surface area (Å²) in [5, 5.41) is 14.1. The molecule has 0 aliphatic heterocycles. The lowest BCUT2D eigenvalue weighted by atomic mass is 10.3. The Kier molecular flexibility index (Phi) is 4.62. The van der Waals surface area contributed by atoms with Crippen molar-refractivity contribution in [2.24, 2.45) is 0 Å². The van der Waals surface area contributed by atoms with E-state index in [9.17, 15) is 4.79 Å². The van der Waals surface area contributed by atoms with E-state index < -0.39 is 5.91 Å². The number of benzene rings is 1. The number of hydrogen-bond donors (Lipinski definition) is 2. The predicted molar refractivity (Wildman–Crippen MR) is 90.0 cm³/mol. The fourth-order valence-electron chi connectivity index (χ4n) is 1.94. The summed E-state index contributed by atoms with van der Waals surface area (Å²) in [7, 11) is 1.55. The summed E-state index contributed by atoms with van der Waals surface area (Å²) in [6.07, 6.45) is 1.42. The maximum absolute atomic E-state index is 11.8. The van der Waals surface area contributed by atoms with E-state index in [1.54, 1.807) is 49.6 Å². The van der Waals surface area contributed by atoms with Gasteiger partial charge >= 0.3 is 0 Å². The highest BCUT2D eigenvalue weighted by atomic mass is 35.5. The minimum atomic E-state index is -0.392. The minimum Gasteiger partial charge on any atom is -0.495 e. The Balaban J connectivity index is 1.66. The van der Waals surface area contributed by atoms with Crippen molar-refractivity contribution in [1.29, 1.82) is 0 Å². The van der Waals surface area contributed by atoms with Crippen LogP contribution in [-0.2, 0) is 0 Å². The zero-order valence-corrected chi connectivity index (χ0v) is 13.4. The first-order chi connectivity index (χ1) is 11.7. The highest BCUT2D eigenvalue weighted by molar-refractivity contribution is 6.32. The molecule has 0 fully saturated rings. The van der Waals surface area contributed by atoms with Crippen molar-refractivity contribution in [3.8, 4) is 5.75 Å². The largest absolute Gasteiger partial charge is 0.495 e. The van der Waals surface area contributed by atoms with Gasteiger partial charge in [0.15, 0.2) is 17.4 Å². The quantitative estimate of drug-likeness (QED) is 0.733. The summed E-state index contributed by atoms with van der Waals surface area (Å²) in [5.74, 6) is 1.22. The lowest BCUT2D eigenvalue weighted by Gasteiger charge is -2.08. The molecule has 0 saturated heterocycles. The molecule has 3 aromatic rings. The van der Waals surface area contributed by atoms with Crippen LogP contribution in [0.25, 0.3) is 0 Å². The van der Waals surface area contributed by atoms with Crippen molar-refractivity contribution in [3.63, 3.8) is 0 Å². The summed E-state index contributed by atoms with van der Waals surface area (Å²) in [6, 6.07) is 11.8. The molecular formula is C16H13ClN4O3. The van der Waals surface area contributed by atoms with Crippen LogP contribution in [0.1, 0.15) is 10.6 Å². The number of carbonyl (C=O) groups is 1. The number of amides is 1. The second-order valence-corrected chi connectivity index (χ2v) is 5.12. The Labute approximate surface area is 142 Å². The van der Waals surface area contributed by atoms with Gasteiger partial charge in [0.25, 0.3) is 5.91 Å². The van der Waals surface area contributed by atoms with Gasteiger partial charge in [-0.3, -0.25) is 4.79 Å². The van der Waals surface area contributed by atoms with Crippen LogP contribution in [0, 0.1) is 0 Å². The van der Waals surface area contributed by atoms with Crippen LogP contribution < -0.4 is 15.4 Å². The van der Waals surface area contributed by atoms with Crippen molar-refractivity contribution in [2.45, 2.75) is 0 Å². The number of methoxy groups -OCH3 is 1. The van der Waals surface area contributed by atoms with Gasteiger partial charge in [-0.05, 0) is 42.5 Å². The number of anilines is 3. The summed E-state index contributed by atoms with van der Waals surface area (Å²) in [5.41, 5.74) is 0.738. The number of ether oxygens (including phenoxy) is 1. The molecule has 0 unspecified atom stereocenters. The number of nitrogens with zero attached hydrogens (tertiary/aromatic N) is 2. The summed E-state index contributed by atoms with van der Waals surface area (Å²) in [4.78, 5) is 11.8. The SMILES string of the molecule is COc1ccc(Nc2ccc(NC(=O)c3ccco3)nn2)cc1Cl. The number of rotatable bonds is 5. The molecule has 122 valence electrons. The summed E-state index contributed by atoms with van der Waals surface area (Å²) in [6.45, 7) is 0. The Morgan fingerprint density at radius 2 is 1.96 bits per heavy atom. The second kappa shape index (κ2) is 7.01. The molecule has 0 radical (unpaired) electrons. The van der Waals surface area contributed by atoms with Gasteiger partial charge in [-0.1, -0.05) is 11.6 Å². The number of carbonyl (C=O) groups excluding carboxylic acids is 1. The predicted octanol–water partition coefficient (Wildman–Crippen LogP) is 3.73. The fourth-order valence-corrected chi connectivity index (χ4v) is 2.20. The van der Waals surface area contributed by atoms with E-state index in [1.807, 2.05) is 0 Å². The molecule has 0 spiro atoms. The van der Waals surface area contributed by atoms with Crippen molar-refractivity contribution in [2.75, 3.05) is 17.7 Å². The minimum absolute atomic E-state index is 0.201. The number of aromatic nitrogens is 2. The smallest absolute Gasteiger partial charge is 0.292 e. The van der Waals surface area contributed by atoms with Crippen molar-refractivity contribution in [1.82, 2.24) is 10.2 Å². The Hall–Kier alpha value is -3.06. The van der Waals surface area contributed by atoms with Crippen molar-refractivity contribution < 1.29 is 13.9 Å². The molecule has 1 aromatic carbocycles. The Morgan fingerprint density at radius 3 is 2.58 bits per heavy atom. The van der Waals surface area contributed by atoms with Crippen LogP contribution in [0.3, 0.4) is 0 Å². The highest BCUT2D eigenvalue weighted by Gasteiger charge is 2.10.